The quantitative estimate of drug-likeness (QED) is 0.633. The number of carbonyl (C=O) groups excluding carboxylic acids is 1. The summed E-state index contributed by atoms with van der Waals surface area (Å²) in [4.78, 5) is 14.9. The fourth-order valence-corrected chi connectivity index (χ4v) is 3.35. The average molecular weight is 394 g/mol. The molecule has 5 nitrogen and oxygen atoms in total. The molecule has 0 unspecified atom stereocenters. The van der Waals surface area contributed by atoms with Crippen molar-refractivity contribution in [1.29, 1.82) is 0 Å². The van der Waals surface area contributed by atoms with E-state index in [0.29, 0.717) is 23.9 Å². The monoisotopic (exact) mass is 393 g/mol. The lowest BCUT2D eigenvalue weighted by Gasteiger charge is -2.29. The van der Waals surface area contributed by atoms with Crippen molar-refractivity contribution < 1.29 is 23.7 Å². The van der Waals surface area contributed by atoms with E-state index in [1.165, 1.54) is 21.9 Å². The molecule has 0 atom stereocenters. The number of halogens is 2. The number of carbonyl (C=O) groups is 1. The van der Waals surface area contributed by atoms with Crippen molar-refractivity contribution in [3.63, 3.8) is 0 Å². The SMILES string of the molecule is O=C(C[NH+]1CC[NH+](CCOc2ccc(Cl)cc2)CC1)Nc1cccc(F)c1. The van der Waals surface area contributed by atoms with E-state index in [-0.39, 0.29) is 11.7 Å². The Balaban J connectivity index is 1.33. The van der Waals surface area contributed by atoms with Crippen molar-refractivity contribution >= 4 is 23.2 Å². The third-order valence-corrected chi connectivity index (χ3v) is 4.97. The minimum Gasteiger partial charge on any atom is -0.488 e. The Bertz CT molecular complexity index is 749. The molecule has 1 fully saturated rings. The number of ether oxygens (including phenoxy) is 1. The first-order valence-corrected chi connectivity index (χ1v) is 9.57. The van der Waals surface area contributed by atoms with Crippen LogP contribution in [-0.4, -0.2) is 51.8 Å². The first-order valence-electron chi connectivity index (χ1n) is 9.19. The third-order valence-electron chi connectivity index (χ3n) is 4.72. The summed E-state index contributed by atoms with van der Waals surface area (Å²) in [7, 11) is 0. The van der Waals surface area contributed by atoms with Gasteiger partial charge in [0.15, 0.2) is 6.54 Å². The van der Waals surface area contributed by atoms with Crippen LogP contribution in [0.5, 0.6) is 5.75 Å². The lowest BCUT2D eigenvalue weighted by Crippen LogP contribution is -3.28. The molecule has 3 rings (SSSR count). The second-order valence-corrected chi connectivity index (χ2v) is 7.22. The summed E-state index contributed by atoms with van der Waals surface area (Å²) in [6.45, 7) is 5.89. The van der Waals surface area contributed by atoms with Crippen LogP contribution >= 0.6 is 11.6 Å². The summed E-state index contributed by atoms with van der Waals surface area (Å²) in [5, 5.41) is 3.46. The predicted octanol–water partition coefficient (Wildman–Crippen LogP) is 0.280. The zero-order chi connectivity index (χ0) is 19.1. The fourth-order valence-electron chi connectivity index (χ4n) is 3.23. The Morgan fingerprint density at radius 2 is 1.78 bits per heavy atom. The molecule has 3 N–H and O–H groups in total. The number of hydrogen-bond donors (Lipinski definition) is 3. The topological polar surface area (TPSA) is 47.2 Å². The van der Waals surface area contributed by atoms with Gasteiger partial charge in [0.05, 0.1) is 0 Å². The molecule has 0 bridgehead atoms. The molecule has 2 aromatic carbocycles. The van der Waals surface area contributed by atoms with E-state index in [9.17, 15) is 9.18 Å². The average Bonchev–Trinajstić information content (AvgIpc) is 2.65. The van der Waals surface area contributed by atoms with Gasteiger partial charge in [0.2, 0.25) is 0 Å². The van der Waals surface area contributed by atoms with Crippen LogP contribution in [0.2, 0.25) is 5.02 Å². The standard InChI is InChI=1S/C20H23ClFN3O2/c21-16-4-6-19(7-5-16)27-13-12-24-8-10-25(11-9-24)15-20(26)23-18-3-1-2-17(22)14-18/h1-7,14H,8-13,15H2,(H,23,26)/p+2. The maximum Gasteiger partial charge on any atom is 0.279 e. The summed E-state index contributed by atoms with van der Waals surface area (Å²) in [6, 6.07) is 13.4. The van der Waals surface area contributed by atoms with Crippen molar-refractivity contribution in [1.82, 2.24) is 0 Å². The lowest BCUT2D eigenvalue weighted by atomic mass is 10.3. The normalized spacial score (nSPS) is 19.5. The molecule has 0 saturated carbocycles. The molecule has 1 heterocycles. The van der Waals surface area contributed by atoms with Gasteiger partial charge in [-0.15, -0.1) is 0 Å². The van der Waals surface area contributed by atoms with Crippen LogP contribution in [0.1, 0.15) is 0 Å². The maximum atomic E-state index is 13.2. The summed E-state index contributed by atoms with van der Waals surface area (Å²) in [5.41, 5.74) is 0.503. The molecule has 1 aliphatic heterocycles. The molecule has 1 aliphatic rings. The van der Waals surface area contributed by atoms with Gasteiger partial charge in [0.25, 0.3) is 5.91 Å². The van der Waals surface area contributed by atoms with Crippen molar-refractivity contribution in [2.24, 2.45) is 0 Å². The second kappa shape index (κ2) is 9.69. The van der Waals surface area contributed by atoms with E-state index in [4.69, 9.17) is 16.3 Å². The van der Waals surface area contributed by atoms with Gasteiger partial charge >= 0.3 is 0 Å². The first kappa shape index (κ1) is 19.6. The van der Waals surface area contributed by atoms with Gasteiger partial charge in [-0.1, -0.05) is 17.7 Å². The highest BCUT2D eigenvalue weighted by molar-refractivity contribution is 6.30. The van der Waals surface area contributed by atoms with E-state index >= 15 is 0 Å². The highest BCUT2D eigenvalue weighted by Crippen LogP contribution is 2.15. The maximum absolute atomic E-state index is 13.2. The van der Waals surface area contributed by atoms with Gasteiger partial charge in [-0.05, 0) is 42.5 Å². The van der Waals surface area contributed by atoms with E-state index in [1.54, 1.807) is 12.1 Å². The minimum absolute atomic E-state index is 0.0786. The Labute approximate surface area is 163 Å². The van der Waals surface area contributed by atoms with Gasteiger partial charge in [-0.3, -0.25) is 4.79 Å². The molecular formula is C20H25ClFN3O2+2. The first-order chi connectivity index (χ1) is 13.1. The zero-order valence-electron chi connectivity index (χ0n) is 15.1. The molecular weight excluding hydrogens is 369 g/mol. The zero-order valence-corrected chi connectivity index (χ0v) is 15.9. The number of amides is 1. The van der Waals surface area contributed by atoms with Crippen LogP contribution in [0.15, 0.2) is 48.5 Å². The van der Waals surface area contributed by atoms with Gasteiger partial charge in [0, 0.05) is 10.7 Å². The smallest absolute Gasteiger partial charge is 0.279 e. The Morgan fingerprint density at radius 1 is 1.07 bits per heavy atom. The van der Waals surface area contributed by atoms with Crippen molar-refractivity contribution in [3.8, 4) is 5.75 Å². The van der Waals surface area contributed by atoms with Gasteiger partial charge < -0.3 is 19.9 Å². The van der Waals surface area contributed by atoms with Gasteiger partial charge in [-0.2, -0.15) is 0 Å². The van der Waals surface area contributed by atoms with Crippen molar-refractivity contribution in [3.05, 3.63) is 59.4 Å². The Hall–Kier alpha value is -2.15. The van der Waals surface area contributed by atoms with Gasteiger partial charge in [0.1, 0.15) is 50.9 Å². The number of benzene rings is 2. The number of rotatable bonds is 7. The largest absolute Gasteiger partial charge is 0.488 e. The highest BCUT2D eigenvalue weighted by atomic mass is 35.5. The van der Waals surface area contributed by atoms with E-state index in [1.807, 2.05) is 24.3 Å². The van der Waals surface area contributed by atoms with Crippen LogP contribution < -0.4 is 19.9 Å². The van der Waals surface area contributed by atoms with Crippen LogP contribution in [0.3, 0.4) is 0 Å². The second-order valence-electron chi connectivity index (χ2n) is 6.79. The highest BCUT2D eigenvalue weighted by Gasteiger charge is 2.24. The number of piperazine rings is 1. The van der Waals surface area contributed by atoms with E-state index in [2.05, 4.69) is 5.32 Å². The molecule has 2 aromatic rings. The van der Waals surface area contributed by atoms with Crippen molar-refractivity contribution in [2.75, 3.05) is 51.2 Å². The molecule has 27 heavy (non-hydrogen) atoms. The fraction of sp³-hybridized carbons (Fsp3) is 0.350. The Kier molecular flexibility index (Phi) is 7.04. The minimum atomic E-state index is -0.349. The summed E-state index contributed by atoms with van der Waals surface area (Å²) in [5.74, 6) is 0.403. The molecule has 144 valence electrons. The van der Waals surface area contributed by atoms with Crippen LogP contribution in [0.25, 0.3) is 0 Å². The molecule has 1 amide bonds. The molecule has 0 radical (unpaired) electrons. The van der Waals surface area contributed by atoms with Crippen LogP contribution in [0, 0.1) is 5.82 Å². The molecule has 7 heteroatoms. The third kappa shape index (κ3) is 6.50. The summed E-state index contributed by atoms with van der Waals surface area (Å²) in [6.07, 6.45) is 0. The summed E-state index contributed by atoms with van der Waals surface area (Å²) < 4.78 is 18.9. The van der Waals surface area contributed by atoms with E-state index in [0.717, 1.165) is 38.5 Å². The predicted molar refractivity (Wildman–Crippen MR) is 103 cm³/mol. The molecule has 0 spiro atoms. The Morgan fingerprint density at radius 3 is 2.48 bits per heavy atom. The van der Waals surface area contributed by atoms with E-state index < -0.39 is 0 Å². The number of nitrogens with one attached hydrogen (secondary N) is 3. The van der Waals surface area contributed by atoms with Crippen molar-refractivity contribution in [2.45, 2.75) is 0 Å². The number of anilines is 1. The molecule has 1 saturated heterocycles. The number of quaternary nitrogens is 2. The van der Waals surface area contributed by atoms with Crippen LogP contribution in [-0.2, 0) is 4.79 Å². The number of hydrogen-bond acceptors (Lipinski definition) is 2. The lowest BCUT2D eigenvalue weighted by molar-refractivity contribution is -1.01. The van der Waals surface area contributed by atoms with Crippen LogP contribution in [0.4, 0.5) is 10.1 Å². The molecule has 0 aliphatic carbocycles. The molecule has 0 aromatic heterocycles. The van der Waals surface area contributed by atoms with Gasteiger partial charge in [-0.25, -0.2) is 4.39 Å². The summed E-state index contributed by atoms with van der Waals surface area (Å²) >= 11 is 5.86.